The fourth-order valence-corrected chi connectivity index (χ4v) is 4.75. The van der Waals surface area contributed by atoms with Crippen molar-refractivity contribution in [1.29, 1.82) is 0 Å². The number of anilines is 1. The Labute approximate surface area is 215 Å². The average Bonchev–Trinajstić information content (AvgIpc) is 2.99. The maximum atomic E-state index is 12.6. The number of nitrogen functional groups attached to an aromatic ring is 1. The Morgan fingerprint density at radius 2 is 1.57 bits per heavy atom. The van der Waals surface area contributed by atoms with Gasteiger partial charge in [-0.05, 0) is 6.07 Å². The third-order valence-corrected chi connectivity index (χ3v) is 7.13. The summed E-state index contributed by atoms with van der Waals surface area (Å²) in [4.78, 5) is 36.1. The van der Waals surface area contributed by atoms with E-state index in [0.29, 0.717) is 22.1 Å². The zero-order valence-corrected chi connectivity index (χ0v) is 23.7. The van der Waals surface area contributed by atoms with Crippen molar-refractivity contribution in [1.82, 2.24) is 9.55 Å². The highest BCUT2D eigenvalue weighted by Gasteiger charge is 2.50. The van der Waals surface area contributed by atoms with Crippen molar-refractivity contribution in [2.45, 2.75) is 24.5 Å². The van der Waals surface area contributed by atoms with Crippen LogP contribution in [0, 0.1) is 0 Å². The second kappa shape index (κ2) is 12.3. The number of ether oxygens (including phenoxy) is 1. The van der Waals surface area contributed by atoms with Crippen LogP contribution in [-0.2, 0) is 32.0 Å². The summed E-state index contributed by atoms with van der Waals surface area (Å²) in [5.41, 5.74) is 4.64. The monoisotopic (exact) mass is 575 g/mol. The Balaban J connectivity index is 2.18. The van der Waals surface area contributed by atoms with Gasteiger partial charge in [0.2, 0.25) is 0 Å². The molecule has 0 spiro atoms. The number of hydrogen-bond acceptors (Lipinski definition) is 11. The summed E-state index contributed by atoms with van der Waals surface area (Å²) in [6.45, 7) is -0.138. The molecular weight excluding hydrogens is 536 g/mol. The minimum atomic E-state index is -4.73. The summed E-state index contributed by atoms with van der Waals surface area (Å²) in [7, 11) is 1.87. The van der Waals surface area contributed by atoms with Gasteiger partial charge in [0.25, 0.3) is 0 Å². The number of aromatic nitrogens is 2. The van der Waals surface area contributed by atoms with Gasteiger partial charge >= 0.3 is 21.3 Å². The van der Waals surface area contributed by atoms with Crippen LogP contribution in [0.1, 0.15) is 6.23 Å². The molecule has 0 saturated carbocycles. The zero-order chi connectivity index (χ0) is 28.2. The predicted octanol–water partition coefficient (Wildman–Crippen LogP) is -0.868. The Bertz CT molecular complexity index is 1060. The van der Waals surface area contributed by atoms with E-state index in [1.165, 1.54) is 12.3 Å². The average molecular weight is 575 g/mol. The van der Waals surface area contributed by atoms with Crippen molar-refractivity contribution in [3.05, 3.63) is 22.7 Å². The number of rotatable bonds is 14. The molecule has 1 saturated heterocycles. The Morgan fingerprint density at radius 1 is 1.03 bits per heavy atom. The number of quaternary nitrogens is 2. The van der Waals surface area contributed by atoms with Crippen LogP contribution in [0.5, 0.6) is 0 Å². The van der Waals surface area contributed by atoms with E-state index in [4.69, 9.17) is 28.6 Å². The molecule has 5 N–H and O–H groups in total. The number of nitrogens with zero attached hydrogens (tertiary/aromatic N) is 4. The van der Waals surface area contributed by atoms with Gasteiger partial charge < -0.3 is 34.3 Å². The standard InChI is InChI=1S/C19H37N5O11P2/c1-23(2,3)9-11-31-36(27,28)33-13-14-17(35-37(29,30)32-12-10-24(4,5)6)16(25)18(34-14)22-8-7-15(20)21-19(22)26/h7-8,14,16-18,25H,9-13H2,1-6H3,(H2-2,20,21,26,27,28,29,30)/p+2/t14-,16-,17-,18-/m1/s1. The van der Waals surface area contributed by atoms with Crippen molar-refractivity contribution in [3.63, 3.8) is 0 Å². The normalized spacial score (nSPS) is 26.1. The molecule has 1 aliphatic heterocycles. The largest absolute Gasteiger partial charge is 0.472 e. The molecule has 1 aromatic heterocycles. The van der Waals surface area contributed by atoms with Gasteiger partial charge in [-0.2, -0.15) is 4.98 Å². The predicted molar refractivity (Wildman–Crippen MR) is 131 cm³/mol. The van der Waals surface area contributed by atoms with Gasteiger partial charge in [-0.15, -0.1) is 0 Å². The van der Waals surface area contributed by atoms with E-state index in [1.807, 2.05) is 42.3 Å². The molecule has 0 aromatic carbocycles. The van der Waals surface area contributed by atoms with Crippen LogP contribution in [0.15, 0.2) is 17.1 Å². The van der Waals surface area contributed by atoms with Gasteiger partial charge in [-0.1, -0.05) is 0 Å². The van der Waals surface area contributed by atoms with Crippen LogP contribution in [0.2, 0.25) is 0 Å². The quantitative estimate of drug-likeness (QED) is 0.158. The second-order valence-corrected chi connectivity index (χ2v) is 13.5. The lowest BCUT2D eigenvalue weighted by Gasteiger charge is -2.26. The number of likely N-dealkylation sites (N-methyl/N-ethyl adjacent to an activating group) is 2. The van der Waals surface area contributed by atoms with Gasteiger partial charge in [-0.3, -0.25) is 22.7 Å². The molecule has 0 bridgehead atoms. The van der Waals surface area contributed by atoms with Gasteiger partial charge in [0.1, 0.15) is 50.4 Å². The molecule has 0 amide bonds. The molecule has 0 aliphatic carbocycles. The first kappa shape index (κ1) is 32.0. The van der Waals surface area contributed by atoms with Crippen LogP contribution in [-0.4, -0.2) is 127 Å². The summed E-state index contributed by atoms with van der Waals surface area (Å²) < 4.78 is 52.6. The SMILES string of the molecule is C[N+](C)(C)CCOP(=O)(O)OC[C@H]1O[C@@H](n2ccc(N)nc2=O)[C@H](O)[C@@H]1OP(=O)(O)OCC[N+](C)(C)C. The van der Waals surface area contributed by atoms with Gasteiger partial charge in [0, 0.05) is 6.20 Å². The first-order chi connectivity index (χ1) is 16.8. The fraction of sp³-hybridized carbons (Fsp3) is 0.789. The highest BCUT2D eigenvalue weighted by molar-refractivity contribution is 7.47. The van der Waals surface area contributed by atoms with Gasteiger partial charge in [0.15, 0.2) is 6.23 Å². The Morgan fingerprint density at radius 3 is 2.08 bits per heavy atom. The molecule has 0 radical (unpaired) electrons. The smallest absolute Gasteiger partial charge is 0.386 e. The number of hydrogen-bond donors (Lipinski definition) is 4. The van der Waals surface area contributed by atoms with E-state index < -0.39 is 52.5 Å². The molecule has 2 rings (SSSR count). The topological polar surface area (TPSA) is 202 Å². The molecule has 6 atom stereocenters. The molecule has 1 aliphatic rings. The minimum absolute atomic E-state index is 0.0702. The van der Waals surface area contributed by atoms with Crippen LogP contribution in [0.4, 0.5) is 5.82 Å². The molecular formula is C19H39N5O11P2+2. The zero-order valence-electron chi connectivity index (χ0n) is 21.9. The molecule has 18 heteroatoms. The molecule has 2 heterocycles. The number of nitrogens with two attached hydrogens (primary N) is 1. The number of aliphatic hydroxyl groups is 1. The fourth-order valence-electron chi connectivity index (χ4n) is 3.08. The highest BCUT2D eigenvalue weighted by Crippen LogP contribution is 2.49. The van der Waals surface area contributed by atoms with Crippen LogP contribution < -0.4 is 11.4 Å². The van der Waals surface area contributed by atoms with Crippen molar-refractivity contribution in [3.8, 4) is 0 Å². The summed E-state index contributed by atoms with van der Waals surface area (Å²) in [5.74, 6) is -0.0702. The van der Waals surface area contributed by atoms with E-state index in [-0.39, 0.29) is 19.0 Å². The second-order valence-electron chi connectivity index (χ2n) is 10.6. The lowest BCUT2D eigenvalue weighted by molar-refractivity contribution is -0.870. The van der Waals surface area contributed by atoms with Crippen LogP contribution in [0.25, 0.3) is 0 Å². The molecule has 16 nitrogen and oxygen atoms in total. The van der Waals surface area contributed by atoms with Gasteiger partial charge in [-0.25, -0.2) is 13.9 Å². The molecule has 2 unspecified atom stereocenters. The number of phosphoric acid groups is 2. The van der Waals surface area contributed by atoms with Crippen molar-refractivity contribution >= 4 is 21.5 Å². The first-order valence-electron chi connectivity index (χ1n) is 11.4. The van der Waals surface area contributed by atoms with E-state index in [0.717, 1.165) is 4.57 Å². The Kier molecular flexibility index (Phi) is 10.6. The van der Waals surface area contributed by atoms with E-state index in [2.05, 4.69) is 4.98 Å². The summed E-state index contributed by atoms with van der Waals surface area (Å²) >= 11 is 0. The Hall–Kier alpha value is -1.26. The molecule has 37 heavy (non-hydrogen) atoms. The maximum Gasteiger partial charge on any atom is 0.472 e. The van der Waals surface area contributed by atoms with E-state index in [1.54, 1.807) is 0 Å². The first-order valence-corrected chi connectivity index (χ1v) is 14.3. The molecule has 1 fully saturated rings. The van der Waals surface area contributed by atoms with E-state index in [9.17, 15) is 28.8 Å². The van der Waals surface area contributed by atoms with Crippen molar-refractivity contribution in [2.75, 3.05) is 80.9 Å². The summed E-state index contributed by atoms with van der Waals surface area (Å²) in [6, 6.07) is 1.28. The highest BCUT2D eigenvalue weighted by atomic mass is 31.2. The van der Waals surface area contributed by atoms with E-state index >= 15 is 0 Å². The third kappa shape index (κ3) is 10.8. The van der Waals surface area contributed by atoms with Gasteiger partial charge in [0.05, 0.1) is 48.9 Å². The molecule has 1 aromatic rings. The van der Waals surface area contributed by atoms with Crippen molar-refractivity contribution < 1.29 is 55.8 Å². The number of phosphoric ester groups is 2. The lowest BCUT2D eigenvalue weighted by atomic mass is 10.1. The molecule has 214 valence electrons. The third-order valence-electron chi connectivity index (χ3n) is 5.13. The minimum Gasteiger partial charge on any atom is -0.386 e. The lowest BCUT2D eigenvalue weighted by Crippen LogP contribution is -2.39. The summed E-state index contributed by atoms with van der Waals surface area (Å²) in [5, 5.41) is 10.9. The summed E-state index contributed by atoms with van der Waals surface area (Å²) in [6.07, 6.45) is -4.91. The maximum absolute atomic E-state index is 12.6. The van der Waals surface area contributed by atoms with Crippen LogP contribution >= 0.6 is 15.6 Å². The number of aliphatic hydroxyl groups excluding tert-OH is 1. The van der Waals surface area contributed by atoms with Crippen molar-refractivity contribution in [2.24, 2.45) is 0 Å². The van der Waals surface area contributed by atoms with Crippen LogP contribution in [0.3, 0.4) is 0 Å².